The van der Waals surface area contributed by atoms with E-state index in [-0.39, 0.29) is 0 Å². The zero-order valence-corrected chi connectivity index (χ0v) is 7.12. The number of ether oxygens (including phenoxy) is 1. The molecule has 4 atom stereocenters. The molecular formula is C9H17NO. The third-order valence-corrected chi connectivity index (χ3v) is 3.18. The van der Waals surface area contributed by atoms with E-state index in [0.717, 1.165) is 6.61 Å². The molecule has 64 valence electrons. The number of fused-ring (bicyclic) bond motifs is 1. The van der Waals surface area contributed by atoms with Crippen LogP contribution in [0.5, 0.6) is 0 Å². The van der Waals surface area contributed by atoms with E-state index in [4.69, 9.17) is 10.5 Å². The first-order chi connectivity index (χ1) is 5.29. The van der Waals surface area contributed by atoms with Crippen molar-refractivity contribution in [2.45, 2.75) is 38.3 Å². The van der Waals surface area contributed by atoms with Crippen LogP contribution in [0.4, 0.5) is 0 Å². The van der Waals surface area contributed by atoms with Crippen molar-refractivity contribution in [2.75, 3.05) is 6.61 Å². The topological polar surface area (TPSA) is 35.2 Å². The van der Waals surface area contributed by atoms with Crippen LogP contribution >= 0.6 is 0 Å². The van der Waals surface area contributed by atoms with Crippen LogP contribution < -0.4 is 5.73 Å². The summed E-state index contributed by atoms with van der Waals surface area (Å²) >= 11 is 0. The van der Waals surface area contributed by atoms with Gasteiger partial charge in [-0.2, -0.15) is 0 Å². The number of hydrogen-bond acceptors (Lipinski definition) is 2. The van der Waals surface area contributed by atoms with Crippen LogP contribution in [0.2, 0.25) is 0 Å². The fourth-order valence-corrected chi connectivity index (χ4v) is 2.58. The predicted molar refractivity (Wildman–Crippen MR) is 44.2 cm³/mol. The van der Waals surface area contributed by atoms with Crippen LogP contribution in [0.1, 0.15) is 26.2 Å². The van der Waals surface area contributed by atoms with E-state index in [1.165, 1.54) is 19.3 Å². The minimum atomic E-state index is 0.409. The summed E-state index contributed by atoms with van der Waals surface area (Å²) in [6.07, 6.45) is 4.20. The fraction of sp³-hybridized carbons (Fsp3) is 1.00. The van der Waals surface area contributed by atoms with Crippen LogP contribution in [0.25, 0.3) is 0 Å². The first-order valence-electron chi connectivity index (χ1n) is 4.66. The van der Waals surface area contributed by atoms with Gasteiger partial charge >= 0.3 is 0 Å². The van der Waals surface area contributed by atoms with Gasteiger partial charge in [-0.25, -0.2) is 0 Å². The lowest BCUT2D eigenvalue weighted by Gasteiger charge is -2.31. The van der Waals surface area contributed by atoms with Crippen LogP contribution in [0.3, 0.4) is 0 Å². The molecule has 1 aliphatic heterocycles. The van der Waals surface area contributed by atoms with Gasteiger partial charge in [0.05, 0.1) is 6.10 Å². The molecule has 2 nitrogen and oxygen atoms in total. The van der Waals surface area contributed by atoms with E-state index < -0.39 is 0 Å². The Kier molecular flexibility index (Phi) is 1.90. The van der Waals surface area contributed by atoms with E-state index >= 15 is 0 Å². The van der Waals surface area contributed by atoms with E-state index in [1.54, 1.807) is 0 Å². The van der Waals surface area contributed by atoms with Gasteiger partial charge in [0.2, 0.25) is 0 Å². The maximum atomic E-state index is 6.03. The van der Waals surface area contributed by atoms with Crippen LogP contribution in [-0.4, -0.2) is 18.8 Å². The maximum Gasteiger partial charge on any atom is 0.0621 e. The molecule has 1 heterocycles. The Balaban J connectivity index is 2.08. The molecule has 1 saturated heterocycles. The van der Waals surface area contributed by atoms with Crippen LogP contribution in [0.15, 0.2) is 0 Å². The van der Waals surface area contributed by atoms with Crippen molar-refractivity contribution in [2.24, 2.45) is 17.6 Å². The summed E-state index contributed by atoms with van der Waals surface area (Å²) in [5, 5.41) is 0. The quantitative estimate of drug-likeness (QED) is 0.569. The number of nitrogens with two attached hydrogens (primary N) is 1. The second kappa shape index (κ2) is 2.76. The van der Waals surface area contributed by atoms with Crippen molar-refractivity contribution in [3.63, 3.8) is 0 Å². The summed E-state index contributed by atoms with van der Waals surface area (Å²) in [6.45, 7) is 3.19. The first-order valence-corrected chi connectivity index (χ1v) is 4.66. The maximum absolute atomic E-state index is 6.03. The molecule has 0 aromatic heterocycles. The summed E-state index contributed by atoms with van der Waals surface area (Å²) < 4.78 is 5.66. The third-order valence-electron chi connectivity index (χ3n) is 3.18. The fourth-order valence-electron chi connectivity index (χ4n) is 2.58. The lowest BCUT2D eigenvalue weighted by Crippen LogP contribution is -2.41. The molecule has 0 aromatic rings. The summed E-state index contributed by atoms with van der Waals surface area (Å²) in [6, 6.07) is 0.409. The molecule has 2 fully saturated rings. The SMILES string of the molecule is C[C@H]1CO[C@@H]2CCC[C@@H](N)[C@@H]12. The second-order valence-electron chi connectivity index (χ2n) is 4.02. The lowest BCUT2D eigenvalue weighted by atomic mass is 9.78. The molecule has 11 heavy (non-hydrogen) atoms. The molecule has 2 heteroatoms. The Morgan fingerprint density at radius 2 is 2.18 bits per heavy atom. The number of hydrogen-bond donors (Lipinski definition) is 1. The van der Waals surface area contributed by atoms with Crippen molar-refractivity contribution >= 4 is 0 Å². The molecule has 2 aliphatic rings. The average molecular weight is 155 g/mol. The van der Waals surface area contributed by atoms with Crippen molar-refractivity contribution in [3.8, 4) is 0 Å². The molecule has 0 aromatic carbocycles. The highest BCUT2D eigenvalue weighted by Crippen LogP contribution is 2.36. The smallest absolute Gasteiger partial charge is 0.0621 e. The molecular weight excluding hydrogens is 138 g/mol. The molecule has 0 radical (unpaired) electrons. The van der Waals surface area contributed by atoms with E-state index in [2.05, 4.69) is 6.92 Å². The van der Waals surface area contributed by atoms with Crippen molar-refractivity contribution in [1.82, 2.24) is 0 Å². The molecule has 1 saturated carbocycles. The summed E-state index contributed by atoms with van der Waals surface area (Å²) in [5.41, 5.74) is 6.03. The molecule has 1 aliphatic carbocycles. The Hall–Kier alpha value is -0.0800. The molecule has 2 N–H and O–H groups in total. The summed E-state index contributed by atoms with van der Waals surface area (Å²) in [4.78, 5) is 0. The zero-order chi connectivity index (χ0) is 7.84. The Morgan fingerprint density at radius 1 is 1.36 bits per heavy atom. The first kappa shape index (κ1) is 7.56. The van der Waals surface area contributed by atoms with Gasteiger partial charge in [-0.3, -0.25) is 0 Å². The molecule has 0 unspecified atom stereocenters. The van der Waals surface area contributed by atoms with Crippen molar-refractivity contribution in [1.29, 1.82) is 0 Å². The van der Waals surface area contributed by atoms with Gasteiger partial charge in [0.15, 0.2) is 0 Å². The third kappa shape index (κ3) is 1.18. The minimum Gasteiger partial charge on any atom is -0.378 e. The molecule has 0 bridgehead atoms. The summed E-state index contributed by atoms with van der Waals surface area (Å²) in [5.74, 6) is 1.35. The minimum absolute atomic E-state index is 0.409. The predicted octanol–water partition coefficient (Wildman–Crippen LogP) is 1.15. The monoisotopic (exact) mass is 155 g/mol. The molecule has 0 amide bonds. The van der Waals surface area contributed by atoms with Crippen LogP contribution in [0, 0.1) is 11.8 Å². The lowest BCUT2D eigenvalue weighted by molar-refractivity contribution is 0.0593. The largest absolute Gasteiger partial charge is 0.378 e. The van der Waals surface area contributed by atoms with Gasteiger partial charge in [0, 0.05) is 18.6 Å². The number of rotatable bonds is 0. The Labute approximate surface area is 68.1 Å². The van der Waals surface area contributed by atoms with Gasteiger partial charge < -0.3 is 10.5 Å². The van der Waals surface area contributed by atoms with Gasteiger partial charge in [-0.1, -0.05) is 6.92 Å². The highest BCUT2D eigenvalue weighted by molar-refractivity contribution is 4.91. The molecule has 0 spiro atoms. The second-order valence-corrected chi connectivity index (χ2v) is 4.02. The normalized spacial score (nSPS) is 50.7. The zero-order valence-electron chi connectivity index (χ0n) is 7.12. The van der Waals surface area contributed by atoms with Crippen molar-refractivity contribution < 1.29 is 4.74 Å². The standard InChI is InChI=1S/C9H17NO/c1-6-5-11-8-4-2-3-7(10)9(6)8/h6-9H,2-5,10H2,1H3/t6-,7+,8+,9+/m0/s1. The van der Waals surface area contributed by atoms with Gasteiger partial charge in [0.1, 0.15) is 0 Å². The van der Waals surface area contributed by atoms with Gasteiger partial charge in [0.25, 0.3) is 0 Å². The van der Waals surface area contributed by atoms with E-state index in [9.17, 15) is 0 Å². The van der Waals surface area contributed by atoms with Crippen LogP contribution in [-0.2, 0) is 4.74 Å². The van der Waals surface area contributed by atoms with E-state index in [1.807, 2.05) is 0 Å². The van der Waals surface area contributed by atoms with Gasteiger partial charge in [-0.15, -0.1) is 0 Å². The Bertz CT molecular complexity index is 146. The van der Waals surface area contributed by atoms with Gasteiger partial charge in [-0.05, 0) is 25.2 Å². The highest BCUT2D eigenvalue weighted by Gasteiger charge is 2.40. The average Bonchev–Trinajstić information content (AvgIpc) is 2.34. The van der Waals surface area contributed by atoms with Crippen molar-refractivity contribution in [3.05, 3.63) is 0 Å². The summed E-state index contributed by atoms with van der Waals surface area (Å²) in [7, 11) is 0. The highest BCUT2D eigenvalue weighted by atomic mass is 16.5. The van der Waals surface area contributed by atoms with E-state index in [0.29, 0.717) is 24.0 Å². The Morgan fingerprint density at radius 3 is 2.91 bits per heavy atom. The molecule has 2 rings (SSSR count).